The summed E-state index contributed by atoms with van der Waals surface area (Å²) in [7, 11) is 0. The molecule has 3 heterocycles. The van der Waals surface area contributed by atoms with Crippen LogP contribution in [0, 0.1) is 6.92 Å². The zero-order valence-corrected chi connectivity index (χ0v) is 12.4. The number of aryl methyl sites for hydroxylation is 3. The standard InChI is InChI=1S/C15H21N5O/c1-10-18-19-14(21-10)9-20-8-4-7-13(20)15-16-11-5-2-3-6-12(11)17-15/h13H,2-9H2,1H3,(H,16,17)/t13-/m0/s1. The van der Waals surface area contributed by atoms with E-state index >= 15 is 0 Å². The maximum Gasteiger partial charge on any atom is 0.230 e. The zero-order chi connectivity index (χ0) is 14.2. The van der Waals surface area contributed by atoms with E-state index in [2.05, 4.69) is 20.1 Å². The quantitative estimate of drug-likeness (QED) is 0.938. The molecule has 0 spiro atoms. The van der Waals surface area contributed by atoms with Crippen LogP contribution in [-0.4, -0.2) is 31.6 Å². The first-order valence-corrected chi connectivity index (χ1v) is 7.90. The molecule has 4 rings (SSSR count). The predicted octanol–water partition coefficient (Wildman–Crippen LogP) is 2.32. The summed E-state index contributed by atoms with van der Waals surface area (Å²) in [5.41, 5.74) is 2.65. The Morgan fingerprint density at radius 2 is 2.14 bits per heavy atom. The van der Waals surface area contributed by atoms with E-state index in [1.807, 2.05) is 6.92 Å². The summed E-state index contributed by atoms with van der Waals surface area (Å²) in [5, 5.41) is 8.03. The van der Waals surface area contributed by atoms with Crippen molar-refractivity contribution in [3.63, 3.8) is 0 Å². The van der Waals surface area contributed by atoms with Gasteiger partial charge in [0.25, 0.3) is 0 Å². The van der Waals surface area contributed by atoms with Gasteiger partial charge in [-0.25, -0.2) is 4.98 Å². The predicted molar refractivity (Wildman–Crippen MR) is 76.6 cm³/mol. The number of nitrogens with zero attached hydrogens (tertiary/aromatic N) is 4. The van der Waals surface area contributed by atoms with Gasteiger partial charge in [0, 0.05) is 12.6 Å². The van der Waals surface area contributed by atoms with Crippen molar-refractivity contribution in [1.82, 2.24) is 25.1 Å². The third-order valence-corrected chi connectivity index (χ3v) is 4.56. The number of aromatic nitrogens is 4. The lowest BCUT2D eigenvalue weighted by atomic mass is 10.0. The molecule has 0 bridgehead atoms. The molecule has 2 aliphatic rings. The topological polar surface area (TPSA) is 70.8 Å². The van der Waals surface area contributed by atoms with Gasteiger partial charge in [0.05, 0.1) is 18.3 Å². The third-order valence-electron chi connectivity index (χ3n) is 4.56. The van der Waals surface area contributed by atoms with Crippen molar-refractivity contribution in [2.24, 2.45) is 0 Å². The molecular formula is C15H21N5O. The summed E-state index contributed by atoms with van der Waals surface area (Å²) in [5.74, 6) is 2.47. The summed E-state index contributed by atoms with van der Waals surface area (Å²) in [6, 6.07) is 0.364. The molecule has 1 aliphatic carbocycles. The lowest BCUT2D eigenvalue weighted by molar-refractivity contribution is 0.215. The van der Waals surface area contributed by atoms with Crippen molar-refractivity contribution in [2.75, 3.05) is 6.54 Å². The lowest BCUT2D eigenvalue weighted by Crippen LogP contribution is -2.23. The Labute approximate surface area is 124 Å². The molecule has 1 saturated heterocycles. The summed E-state index contributed by atoms with van der Waals surface area (Å²) >= 11 is 0. The van der Waals surface area contributed by atoms with Crippen LogP contribution in [0.3, 0.4) is 0 Å². The molecule has 6 heteroatoms. The molecule has 21 heavy (non-hydrogen) atoms. The minimum Gasteiger partial charge on any atom is -0.424 e. The van der Waals surface area contributed by atoms with Gasteiger partial charge in [-0.1, -0.05) is 0 Å². The van der Waals surface area contributed by atoms with Crippen LogP contribution < -0.4 is 0 Å². The number of likely N-dealkylation sites (tertiary alicyclic amines) is 1. The number of nitrogens with one attached hydrogen (secondary N) is 1. The maximum atomic E-state index is 5.52. The van der Waals surface area contributed by atoms with Crippen molar-refractivity contribution in [1.29, 1.82) is 0 Å². The van der Waals surface area contributed by atoms with Crippen molar-refractivity contribution in [2.45, 2.75) is 58.0 Å². The summed E-state index contributed by atoms with van der Waals surface area (Å²) < 4.78 is 5.52. The normalized spacial score (nSPS) is 22.6. The fourth-order valence-corrected chi connectivity index (χ4v) is 3.53. The highest BCUT2D eigenvalue weighted by Gasteiger charge is 2.30. The van der Waals surface area contributed by atoms with Gasteiger partial charge in [0.15, 0.2) is 0 Å². The molecule has 2 aromatic heterocycles. The van der Waals surface area contributed by atoms with Gasteiger partial charge in [-0.3, -0.25) is 4.90 Å². The third kappa shape index (κ3) is 2.48. The largest absolute Gasteiger partial charge is 0.424 e. The fraction of sp³-hybridized carbons (Fsp3) is 0.667. The molecule has 1 atom stereocenters. The lowest BCUT2D eigenvalue weighted by Gasteiger charge is -2.20. The zero-order valence-electron chi connectivity index (χ0n) is 12.4. The van der Waals surface area contributed by atoms with E-state index in [0.29, 0.717) is 17.8 Å². The SMILES string of the molecule is Cc1nnc(CN2CCC[C@H]2c2nc3c([nH]2)CCCC3)o1. The molecule has 0 saturated carbocycles. The maximum absolute atomic E-state index is 5.52. The Bertz CT molecular complexity index is 608. The molecule has 6 nitrogen and oxygen atoms in total. The minimum atomic E-state index is 0.364. The monoisotopic (exact) mass is 287 g/mol. The molecular weight excluding hydrogens is 266 g/mol. The first-order chi connectivity index (χ1) is 10.3. The van der Waals surface area contributed by atoms with E-state index in [9.17, 15) is 0 Å². The molecule has 1 N–H and O–H groups in total. The highest BCUT2D eigenvalue weighted by atomic mass is 16.4. The van der Waals surface area contributed by atoms with Crippen LogP contribution in [0.1, 0.15) is 60.7 Å². The summed E-state index contributed by atoms with van der Waals surface area (Å²) in [6.45, 7) is 3.62. The summed E-state index contributed by atoms with van der Waals surface area (Å²) in [4.78, 5) is 10.8. The van der Waals surface area contributed by atoms with Gasteiger partial charge >= 0.3 is 0 Å². The van der Waals surface area contributed by atoms with Crippen LogP contribution in [-0.2, 0) is 19.4 Å². The van der Waals surface area contributed by atoms with Crippen LogP contribution in [0.25, 0.3) is 0 Å². The molecule has 0 radical (unpaired) electrons. The van der Waals surface area contributed by atoms with Crippen molar-refractivity contribution in [3.05, 3.63) is 29.0 Å². The van der Waals surface area contributed by atoms with E-state index in [-0.39, 0.29) is 0 Å². The van der Waals surface area contributed by atoms with E-state index in [1.54, 1.807) is 0 Å². The molecule has 0 amide bonds. The molecule has 112 valence electrons. The van der Waals surface area contributed by atoms with Crippen LogP contribution >= 0.6 is 0 Å². The second-order valence-corrected chi connectivity index (χ2v) is 6.10. The van der Waals surface area contributed by atoms with Gasteiger partial charge in [-0.05, 0) is 45.1 Å². The molecule has 0 aromatic carbocycles. The average Bonchev–Trinajstić information content (AvgIpc) is 3.18. The van der Waals surface area contributed by atoms with Gasteiger partial charge in [0.2, 0.25) is 11.8 Å². The van der Waals surface area contributed by atoms with Crippen molar-refractivity contribution >= 4 is 0 Å². The number of imidazole rings is 1. The van der Waals surface area contributed by atoms with E-state index < -0.39 is 0 Å². The number of hydrogen-bond donors (Lipinski definition) is 1. The van der Waals surface area contributed by atoms with E-state index in [4.69, 9.17) is 9.40 Å². The van der Waals surface area contributed by atoms with Gasteiger partial charge < -0.3 is 9.40 Å². The van der Waals surface area contributed by atoms with Crippen molar-refractivity contribution < 1.29 is 4.42 Å². The molecule has 1 aliphatic heterocycles. The number of fused-ring (bicyclic) bond motifs is 1. The highest BCUT2D eigenvalue weighted by Crippen LogP contribution is 2.33. The van der Waals surface area contributed by atoms with Crippen LogP contribution in [0.5, 0.6) is 0 Å². The molecule has 0 unspecified atom stereocenters. The fourth-order valence-electron chi connectivity index (χ4n) is 3.53. The summed E-state index contributed by atoms with van der Waals surface area (Å²) in [6.07, 6.45) is 7.18. The molecule has 1 fully saturated rings. The Morgan fingerprint density at radius 1 is 1.24 bits per heavy atom. The molecule has 2 aromatic rings. The first-order valence-electron chi connectivity index (χ1n) is 7.90. The Kier molecular flexibility index (Phi) is 3.25. The number of hydrogen-bond acceptors (Lipinski definition) is 5. The Balaban J connectivity index is 1.54. The second-order valence-electron chi connectivity index (χ2n) is 6.10. The Morgan fingerprint density at radius 3 is 2.95 bits per heavy atom. The number of aromatic amines is 1. The first kappa shape index (κ1) is 13.0. The Hall–Kier alpha value is -1.69. The van der Waals surface area contributed by atoms with Crippen LogP contribution in [0.4, 0.5) is 0 Å². The number of H-pyrrole nitrogens is 1. The van der Waals surface area contributed by atoms with Gasteiger partial charge in [0.1, 0.15) is 5.82 Å². The smallest absolute Gasteiger partial charge is 0.230 e. The van der Waals surface area contributed by atoms with Crippen LogP contribution in [0.2, 0.25) is 0 Å². The van der Waals surface area contributed by atoms with E-state index in [1.165, 1.54) is 30.7 Å². The van der Waals surface area contributed by atoms with Gasteiger partial charge in [-0.15, -0.1) is 10.2 Å². The van der Waals surface area contributed by atoms with Crippen LogP contribution in [0.15, 0.2) is 4.42 Å². The highest BCUT2D eigenvalue weighted by molar-refractivity contribution is 5.19. The number of rotatable bonds is 3. The van der Waals surface area contributed by atoms with Gasteiger partial charge in [-0.2, -0.15) is 0 Å². The van der Waals surface area contributed by atoms with E-state index in [0.717, 1.165) is 38.2 Å². The van der Waals surface area contributed by atoms with Crippen molar-refractivity contribution in [3.8, 4) is 0 Å². The minimum absolute atomic E-state index is 0.364. The average molecular weight is 287 g/mol. The second kappa shape index (κ2) is 5.26.